The maximum atomic E-state index is 13.3. The van der Waals surface area contributed by atoms with E-state index in [1.807, 2.05) is 35.2 Å². The summed E-state index contributed by atoms with van der Waals surface area (Å²) in [5, 5.41) is 7.07. The van der Waals surface area contributed by atoms with Crippen molar-refractivity contribution < 1.29 is 19.2 Å². The van der Waals surface area contributed by atoms with Crippen LogP contribution in [0.25, 0.3) is 10.8 Å². The molecule has 4 N–H and O–H groups in total. The molecule has 5 saturated heterocycles. The number of anilines is 4. The van der Waals surface area contributed by atoms with E-state index in [2.05, 4.69) is 55.1 Å². The van der Waals surface area contributed by atoms with Crippen LogP contribution in [-0.2, 0) is 9.59 Å². The highest BCUT2D eigenvalue weighted by molar-refractivity contribution is 5.99. The number of benzene rings is 2. The quantitative estimate of drug-likeness (QED) is 0.185. The van der Waals surface area contributed by atoms with Gasteiger partial charge >= 0.3 is 6.03 Å². The van der Waals surface area contributed by atoms with Gasteiger partial charge in [-0.25, -0.2) is 14.8 Å². The molecule has 5 aliphatic heterocycles. The standard InChI is InChI=1S/C45H53N11O5/c1-2-52-22-23-55(45(52)61)35-4-3-17-54(28-35)38-25-47-40(41(46)58)42(49-38)48-33-7-5-30(6-8-33)31-14-18-51(19-15-31)26-29-13-20-53(27-29)34-9-10-36-32(24-34)16-21-56(44(36)60)37-11-12-39(57)50-43(37)59/h2,5-10,16,21,24-25,29,31,35,37H,1,3-4,11-15,17-20,22-23,26-28H2,(H2,46,58)(H,48,49)(H,50,57,59)/t29-,35-,37?/m1/s1. The Balaban J connectivity index is 0.774. The molecule has 0 aliphatic carbocycles. The number of nitrogens with one attached hydrogen (secondary N) is 2. The number of carbonyl (C=O) groups excluding carboxylic acids is 4. The van der Waals surface area contributed by atoms with Gasteiger partial charge in [0.05, 0.1) is 12.2 Å². The average Bonchev–Trinajstić information content (AvgIpc) is 3.90. The molecule has 4 aromatic rings. The third kappa shape index (κ3) is 8.28. The number of urea groups is 1. The Morgan fingerprint density at radius 1 is 0.902 bits per heavy atom. The Morgan fingerprint density at radius 2 is 1.72 bits per heavy atom. The SMILES string of the molecule is C=CN1CCN([C@@H]2CCCN(c3cnc(C(N)=O)c(Nc4ccc(C5CCN(C[C@H]6CCN(c7ccc8c(=O)n(C9CCC(=O)NC9=O)ccc8c7)C6)CC5)cc4)n3)C2)C1=O. The first-order chi connectivity index (χ1) is 29.6. The number of nitrogens with two attached hydrogens (primary N) is 1. The summed E-state index contributed by atoms with van der Waals surface area (Å²) in [6, 6.07) is 15.6. The fourth-order valence-electron chi connectivity index (χ4n) is 9.94. The summed E-state index contributed by atoms with van der Waals surface area (Å²) >= 11 is 0. The molecule has 0 spiro atoms. The monoisotopic (exact) mass is 827 g/mol. The first-order valence-electron chi connectivity index (χ1n) is 21.6. The van der Waals surface area contributed by atoms with Crippen molar-refractivity contribution in [2.75, 3.05) is 74.0 Å². The lowest BCUT2D eigenvalue weighted by Crippen LogP contribution is -2.49. The number of hydrogen-bond donors (Lipinski definition) is 3. The lowest BCUT2D eigenvalue weighted by molar-refractivity contribution is -0.135. The number of hydrogen-bond acceptors (Lipinski definition) is 11. The topological polar surface area (TPSA) is 182 Å². The Hall–Kier alpha value is -6.29. The number of amides is 5. The van der Waals surface area contributed by atoms with Gasteiger partial charge in [-0.3, -0.25) is 29.4 Å². The van der Waals surface area contributed by atoms with Crippen LogP contribution in [0, 0.1) is 5.92 Å². The molecule has 1 unspecified atom stereocenters. The second-order valence-electron chi connectivity index (χ2n) is 17.1. The molecule has 16 heteroatoms. The first kappa shape index (κ1) is 40.1. The maximum absolute atomic E-state index is 13.3. The van der Waals surface area contributed by atoms with Gasteiger partial charge in [-0.2, -0.15) is 0 Å². The van der Waals surface area contributed by atoms with E-state index in [4.69, 9.17) is 10.7 Å². The van der Waals surface area contributed by atoms with E-state index < -0.39 is 17.9 Å². The van der Waals surface area contributed by atoms with Crippen molar-refractivity contribution in [3.05, 3.63) is 95.3 Å². The zero-order valence-corrected chi connectivity index (χ0v) is 34.4. The summed E-state index contributed by atoms with van der Waals surface area (Å²) in [6.45, 7) is 11.5. The van der Waals surface area contributed by atoms with Crippen LogP contribution in [0.1, 0.15) is 73.0 Å². The van der Waals surface area contributed by atoms with E-state index in [1.54, 1.807) is 23.5 Å². The van der Waals surface area contributed by atoms with Crippen molar-refractivity contribution >= 4 is 57.5 Å². The number of likely N-dealkylation sites (tertiary alicyclic amines) is 1. The second kappa shape index (κ2) is 17.0. The highest BCUT2D eigenvalue weighted by atomic mass is 16.2. The van der Waals surface area contributed by atoms with Gasteiger partial charge < -0.3 is 35.2 Å². The van der Waals surface area contributed by atoms with E-state index >= 15 is 0 Å². The maximum Gasteiger partial charge on any atom is 0.324 e. The summed E-state index contributed by atoms with van der Waals surface area (Å²) in [5.41, 5.74) is 8.77. The predicted octanol–water partition coefficient (Wildman–Crippen LogP) is 4.17. The Morgan fingerprint density at radius 3 is 2.48 bits per heavy atom. The molecule has 5 amide bonds. The van der Waals surface area contributed by atoms with E-state index in [-0.39, 0.29) is 35.7 Å². The molecule has 61 heavy (non-hydrogen) atoms. The smallest absolute Gasteiger partial charge is 0.324 e. The predicted molar refractivity (Wildman–Crippen MR) is 233 cm³/mol. The molecule has 16 nitrogen and oxygen atoms in total. The lowest BCUT2D eigenvalue weighted by atomic mass is 9.89. The van der Waals surface area contributed by atoms with Gasteiger partial charge in [0.15, 0.2) is 11.5 Å². The van der Waals surface area contributed by atoms with Crippen LogP contribution in [0.3, 0.4) is 0 Å². The van der Waals surface area contributed by atoms with Crippen molar-refractivity contribution in [2.24, 2.45) is 11.7 Å². The van der Waals surface area contributed by atoms with Gasteiger partial charge in [0.2, 0.25) is 11.8 Å². The van der Waals surface area contributed by atoms with Gasteiger partial charge in [0.25, 0.3) is 11.5 Å². The zero-order valence-electron chi connectivity index (χ0n) is 34.4. The van der Waals surface area contributed by atoms with Crippen molar-refractivity contribution in [1.82, 2.24) is 34.6 Å². The van der Waals surface area contributed by atoms with Crippen LogP contribution < -0.4 is 31.7 Å². The normalized spacial score (nSPS) is 22.9. The minimum Gasteiger partial charge on any atom is -0.371 e. The summed E-state index contributed by atoms with van der Waals surface area (Å²) in [4.78, 5) is 82.6. The molecule has 9 rings (SSSR count). The molecule has 5 fully saturated rings. The van der Waals surface area contributed by atoms with Crippen LogP contribution >= 0.6 is 0 Å². The number of pyridine rings is 1. The number of piperidine rings is 3. The molecule has 0 bridgehead atoms. The number of nitrogens with zero attached hydrogens (tertiary/aromatic N) is 8. The summed E-state index contributed by atoms with van der Waals surface area (Å²) in [6.07, 6.45) is 10.5. The largest absolute Gasteiger partial charge is 0.371 e. The molecule has 0 saturated carbocycles. The fraction of sp³-hybridized carbons (Fsp3) is 0.444. The number of aromatic nitrogens is 3. The van der Waals surface area contributed by atoms with Gasteiger partial charge in [-0.15, -0.1) is 0 Å². The molecular weight excluding hydrogens is 775 g/mol. The average molecular weight is 828 g/mol. The van der Waals surface area contributed by atoms with Crippen LogP contribution in [0.15, 0.2) is 78.5 Å². The van der Waals surface area contributed by atoms with Gasteiger partial charge in [-0.05, 0) is 111 Å². The van der Waals surface area contributed by atoms with E-state index in [0.717, 1.165) is 88.1 Å². The molecule has 3 atom stereocenters. The third-order valence-corrected chi connectivity index (χ3v) is 13.3. The minimum atomic E-state index is -0.674. The second-order valence-corrected chi connectivity index (χ2v) is 17.1. The van der Waals surface area contributed by atoms with Crippen LogP contribution in [0.4, 0.5) is 27.8 Å². The Bertz CT molecular complexity index is 2410. The molecule has 0 radical (unpaired) electrons. The molecule has 5 aliphatic rings. The van der Waals surface area contributed by atoms with Gasteiger partial charge in [0, 0.05) is 81.4 Å². The molecule has 7 heterocycles. The number of carbonyl (C=O) groups is 4. The Labute approximate surface area is 354 Å². The van der Waals surface area contributed by atoms with Crippen LogP contribution in [0.5, 0.6) is 0 Å². The summed E-state index contributed by atoms with van der Waals surface area (Å²) in [5.74, 6) is 0.572. The Kier molecular flexibility index (Phi) is 11.2. The van der Waals surface area contributed by atoms with Crippen molar-refractivity contribution in [3.63, 3.8) is 0 Å². The van der Waals surface area contributed by atoms with E-state index in [1.165, 1.54) is 10.1 Å². The van der Waals surface area contributed by atoms with Crippen LogP contribution in [-0.4, -0.2) is 118 Å². The van der Waals surface area contributed by atoms with Gasteiger partial charge in [-0.1, -0.05) is 18.7 Å². The third-order valence-electron chi connectivity index (χ3n) is 13.3. The molecule has 2 aromatic heterocycles. The fourth-order valence-corrected chi connectivity index (χ4v) is 9.94. The first-order valence-corrected chi connectivity index (χ1v) is 21.6. The molecule has 318 valence electrons. The van der Waals surface area contributed by atoms with Crippen molar-refractivity contribution in [2.45, 2.75) is 62.9 Å². The highest BCUT2D eigenvalue weighted by Crippen LogP contribution is 2.33. The number of rotatable bonds is 11. The summed E-state index contributed by atoms with van der Waals surface area (Å²) in [7, 11) is 0. The number of primary amides is 1. The highest BCUT2D eigenvalue weighted by Gasteiger charge is 2.36. The molecule has 2 aromatic carbocycles. The minimum absolute atomic E-state index is 0.0161. The lowest BCUT2D eigenvalue weighted by Gasteiger charge is -2.37. The number of imide groups is 1. The van der Waals surface area contributed by atoms with E-state index in [0.29, 0.717) is 54.9 Å². The number of fused-ring (bicyclic) bond motifs is 1. The van der Waals surface area contributed by atoms with Crippen LogP contribution in [0.2, 0.25) is 0 Å². The molecular formula is C45H53N11O5. The zero-order chi connectivity index (χ0) is 42.2. The summed E-state index contributed by atoms with van der Waals surface area (Å²) < 4.78 is 1.45. The van der Waals surface area contributed by atoms with Gasteiger partial charge in [0.1, 0.15) is 11.9 Å². The van der Waals surface area contributed by atoms with E-state index in [9.17, 15) is 24.0 Å². The van der Waals surface area contributed by atoms with Crippen molar-refractivity contribution in [1.29, 1.82) is 0 Å². The van der Waals surface area contributed by atoms with Crippen molar-refractivity contribution in [3.8, 4) is 0 Å².